The van der Waals surface area contributed by atoms with Crippen molar-refractivity contribution in [2.45, 2.75) is 24.2 Å². The highest BCUT2D eigenvalue weighted by molar-refractivity contribution is 7.89. The number of aromatic nitrogens is 1. The molecule has 3 heterocycles. The summed E-state index contributed by atoms with van der Waals surface area (Å²) in [6, 6.07) is 14.8. The summed E-state index contributed by atoms with van der Waals surface area (Å²) in [6.45, 7) is 2.60. The van der Waals surface area contributed by atoms with Crippen LogP contribution in [0.4, 0.5) is 0 Å². The molecule has 0 bridgehead atoms. The van der Waals surface area contributed by atoms with Gasteiger partial charge in [-0.2, -0.15) is 4.31 Å². The lowest BCUT2D eigenvalue weighted by atomic mass is 9.91. The first-order valence-electron chi connectivity index (χ1n) is 12.0. The van der Waals surface area contributed by atoms with Crippen molar-refractivity contribution in [3.05, 3.63) is 76.1 Å². The van der Waals surface area contributed by atoms with Crippen LogP contribution in [0.25, 0.3) is 10.9 Å². The number of morpholine rings is 1. The van der Waals surface area contributed by atoms with Gasteiger partial charge in [0.25, 0.3) is 5.91 Å². The van der Waals surface area contributed by atoms with Gasteiger partial charge in [-0.15, -0.1) is 0 Å². The van der Waals surface area contributed by atoms with Crippen LogP contribution in [-0.2, 0) is 21.2 Å². The molecule has 0 radical (unpaired) electrons. The summed E-state index contributed by atoms with van der Waals surface area (Å²) < 4.78 is 33.6. The Hall–Kier alpha value is -3.01. The van der Waals surface area contributed by atoms with Crippen LogP contribution >= 0.6 is 0 Å². The minimum absolute atomic E-state index is 0.00988. The first kappa shape index (κ1) is 23.7. The van der Waals surface area contributed by atoms with Crippen LogP contribution in [0.1, 0.15) is 28.8 Å². The molecule has 184 valence electrons. The second-order valence-corrected chi connectivity index (χ2v) is 11.1. The first-order chi connectivity index (χ1) is 16.9. The number of sulfonamides is 1. The van der Waals surface area contributed by atoms with Gasteiger partial charge in [-0.05, 0) is 48.9 Å². The quantitative estimate of drug-likeness (QED) is 0.587. The Balaban J connectivity index is 1.35. The van der Waals surface area contributed by atoms with Crippen LogP contribution in [0.3, 0.4) is 0 Å². The zero-order chi connectivity index (χ0) is 24.4. The number of H-pyrrole nitrogens is 1. The molecule has 35 heavy (non-hydrogen) atoms. The molecule has 2 fully saturated rings. The number of hydrogen-bond acceptors (Lipinski definition) is 5. The molecule has 2 saturated heterocycles. The molecule has 2 aliphatic heterocycles. The molecule has 1 aromatic heterocycles. The third-order valence-electron chi connectivity index (χ3n) is 6.96. The van der Waals surface area contributed by atoms with Crippen molar-refractivity contribution in [2.75, 3.05) is 39.4 Å². The van der Waals surface area contributed by atoms with Crippen molar-refractivity contribution < 1.29 is 17.9 Å². The van der Waals surface area contributed by atoms with E-state index in [9.17, 15) is 18.0 Å². The van der Waals surface area contributed by atoms with E-state index in [2.05, 4.69) is 17.1 Å². The molecular formula is C26H29N3O5S. The van der Waals surface area contributed by atoms with E-state index < -0.39 is 15.5 Å². The summed E-state index contributed by atoms with van der Waals surface area (Å²) in [7, 11) is -3.75. The van der Waals surface area contributed by atoms with E-state index in [0.29, 0.717) is 50.8 Å². The standard InChI is InChI=1S/C26H29N3O5S/c30-25-22-17-21(6-7-24(22)27-18-23(25)26(31)28-12-14-34-15-13-28)35(32,33)29-10-8-20(9-11-29)16-19-4-2-1-3-5-19/h1-7,17-18,20H,8-16H2,(H,27,30). The van der Waals surface area contributed by atoms with Gasteiger partial charge in [-0.3, -0.25) is 9.59 Å². The van der Waals surface area contributed by atoms with E-state index in [4.69, 9.17) is 4.74 Å². The van der Waals surface area contributed by atoms with Crippen LogP contribution in [0, 0.1) is 5.92 Å². The van der Waals surface area contributed by atoms with Crippen LogP contribution in [0.2, 0.25) is 0 Å². The van der Waals surface area contributed by atoms with E-state index in [1.54, 1.807) is 11.0 Å². The van der Waals surface area contributed by atoms with Gasteiger partial charge in [-0.1, -0.05) is 30.3 Å². The van der Waals surface area contributed by atoms with Crippen LogP contribution in [0.5, 0.6) is 0 Å². The largest absolute Gasteiger partial charge is 0.378 e. The monoisotopic (exact) mass is 495 g/mol. The summed E-state index contributed by atoms with van der Waals surface area (Å²) in [6.07, 6.45) is 3.94. The van der Waals surface area contributed by atoms with Gasteiger partial charge < -0.3 is 14.6 Å². The Morgan fingerprint density at radius 1 is 1.00 bits per heavy atom. The Kier molecular flexibility index (Phi) is 6.73. The molecule has 0 unspecified atom stereocenters. The summed E-state index contributed by atoms with van der Waals surface area (Å²) in [5, 5.41) is 0.198. The second kappa shape index (κ2) is 9.93. The van der Waals surface area contributed by atoms with Crippen LogP contribution < -0.4 is 5.43 Å². The zero-order valence-electron chi connectivity index (χ0n) is 19.5. The average molecular weight is 496 g/mol. The number of ether oxygens (including phenoxy) is 1. The summed E-state index contributed by atoms with van der Waals surface area (Å²) in [5.74, 6) is 0.0715. The minimum atomic E-state index is -3.75. The lowest BCUT2D eigenvalue weighted by Crippen LogP contribution is -2.42. The van der Waals surface area contributed by atoms with Crippen molar-refractivity contribution >= 4 is 26.8 Å². The normalized spacial score (nSPS) is 18.1. The number of benzene rings is 2. The molecule has 0 aliphatic carbocycles. The first-order valence-corrected chi connectivity index (χ1v) is 13.4. The van der Waals surface area contributed by atoms with E-state index in [-0.39, 0.29) is 21.8 Å². The molecule has 0 spiro atoms. The third kappa shape index (κ3) is 4.89. The fraction of sp³-hybridized carbons (Fsp3) is 0.385. The number of pyridine rings is 1. The van der Waals surface area contributed by atoms with Gasteiger partial charge in [0.05, 0.1) is 18.1 Å². The van der Waals surface area contributed by atoms with Crippen molar-refractivity contribution in [2.24, 2.45) is 5.92 Å². The number of hydrogen-bond donors (Lipinski definition) is 1. The molecule has 9 heteroatoms. The Morgan fingerprint density at radius 3 is 2.43 bits per heavy atom. The lowest BCUT2D eigenvalue weighted by Gasteiger charge is -2.31. The Bertz CT molecular complexity index is 1370. The molecule has 2 aromatic carbocycles. The predicted octanol–water partition coefficient (Wildman–Crippen LogP) is 2.64. The smallest absolute Gasteiger partial charge is 0.259 e. The van der Waals surface area contributed by atoms with Gasteiger partial charge >= 0.3 is 0 Å². The lowest BCUT2D eigenvalue weighted by molar-refractivity contribution is 0.0302. The Labute approximate surface area is 204 Å². The second-order valence-electron chi connectivity index (χ2n) is 9.18. The third-order valence-corrected chi connectivity index (χ3v) is 8.85. The van der Waals surface area contributed by atoms with Crippen molar-refractivity contribution in [3.63, 3.8) is 0 Å². The minimum Gasteiger partial charge on any atom is -0.378 e. The summed E-state index contributed by atoms with van der Waals surface area (Å²) >= 11 is 0. The number of nitrogens with one attached hydrogen (secondary N) is 1. The molecule has 0 saturated carbocycles. The highest BCUT2D eigenvalue weighted by atomic mass is 32.2. The number of carbonyl (C=O) groups is 1. The number of nitrogens with zero attached hydrogens (tertiary/aromatic N) is 2. The predicted molar refractivity (Wildman–Crippen MR) is 133 cm³/mol. The molecule has 1 N–H and O–H groups in total. The SMILES string of the molecule is O=C(c1c[nH]c2ccc(S(=O)(=O)N3CCC(Cc4ccccc4)CC3)cc2c1=O)N1CCOCC1. The molecule has 3 aromatic rings. The fourth-order valence-corrected chi connectivity index (χ4v) is 6.40. The number of piperidine rings is 1. The van der Waals surface area contributed by atoms with E-state index >= 15 is 0 Å². The van der Waals surface area contributed by atoms with Gasteiger partial charge in [0.1, 0.15) is 5.56 Å². The molecule has 8 nitrogen and oxygen atoms in total. The maximum atomic E-state index is 13.4. The zero-order valence-corrected chi connectivity index (χ0v) is 20.3. The van der Waals surface area contributed by atoms with E-state index in [1.807, 2.05) is 18.2 Å². The van der Waals surface area contributed by atoms with Crippen LogP contribution in [-0.4, -0.2) is 67.9 Å². The summed E-state index contributed by atoms with van der Waals surface area (Å²) in [4.78, 5) is 30.7. The molecule has 2 aliphatic rings. The molecule has 0 atom stereocenters. The highest BCUT2D eigenvalue weighted by Crippen LogP contribution is 2.27. The molecule has 5 rings (SSSR count). The molecule has 1 amide bonds. The van der Waals surface area contributed by atoms with Gasteiger partial charge in [-0.25, -0.2) is 8.42 Å². The van der Waals surface area contributed by atoms with E-state index in [0.717, 1.165) is 19.3 Å². The molecular weight excluding hydrogens is 466 g/mol. The van der Waals surface area contributed by atoms with Gasteiger partial charge in [0.15, 0.2) is 0 Å². The van der Waals surface area contributed by atoms with Crippen molar-refractivity contribution in [3.8, 4) is 0 Å². The van der Waals surface area contributed by atoms with Gasteiger partial charge in [0, 0.05) is 43.3 Å². The summed E-state index contributed by atoms with van der Waals surface area (Å²) in [5.41, 5.74) is 1.31. The number of rotatable bonds is 5. The average Bonchev–Trinajstić information content (AvgIpc) is 2.90. The van der Waals surface area contributed by atoms with Crippen molar-refractivity contribution in [1.82, 2.24) is 14.2 Å². The van der Waals surface area contributed by atoms with E-state index in [1.165, 1.54) is 28.2 Å². The number of carbonyl (C=O) groups excluding carboxylic acids is 1. The number of aromatic amines is 1. The maximum absolute atomic E-state index is 13.4. The fourth-order valence-electron chi connectivity index (χ4n) is 4.90. The Morgan fingerprint density at radius 2 is 1.71 bits per heavy atom. The maximum Gasteiger partial charge on any atom is 0.259 e. The van der Waals surface area contributed by atoms with Crippen molar-refractivity contribution in [1.29, 1.82) is 0 Å². The number of amides is 1. The van der Waals surface area contributed by atoms with Gasteiger partial charge in [0.2, 0.25) is 15.5 Å². The van der Waals surface area contributed by atoms with Crippen LogP contribution in [0.15, 0.2) is 64.4 Å². The number of fused-ring (bicyclic) bond motifs is 1. The highest BCUT2D eigenvalue weighted by Gasteiger charge is 2.30. The topological polar surface area (TPSA) is 99.8 Å².